The van der Waals surface area contributed by atoms with Gasteiger partial charge in [-0.3, -0.25) is 9.67 Å². The molecule has 0 saturated carbocycles. The van der Waals surface area contributed by atoms with Gasteiger partial charge < -0.3 is 9.67 Å². The molecular weight excluding hydrogens is 373 g/mol. The number of imidazole rings is 1. The number of aromatic nitrogens is 7. The van der Waals surface area contributed by atoms with Gasteiger partial charge in [0, 0.05) is 35.0 Å². The molecule has 0 spiro atoms. The quantitative estimate of drug-likeness (QED) is 0.496. The van der Waals surface area contributed by atoms with E-state index in [4.69, 9.17) is 5.11 Å². The second-order valence-corrected chi connectivity index (χ2v) is 6.63. The molecule has 0 amide bonds. The van der Waals surface area contributed by atoms with Crippen molar-refractivity contribution in [2.75, 3.05) is 6.61 Å². The zero-order valence-corrected chi connectivity index (χ0v) is 15.3. The number of pyridine rings is 1. The number of hydrogen-bond donors (Lipinski definition) is 1. The molecule has 5 rings (SSSR count). The maximum Gasteiger partial charge on any atom is 0.197 e. The second-order valence-electron chi connectivity index (χ2n) is 6.63. The van der Waals surface area contributed by atoms with Gasteiger partial charge in [0.25, 0.3) is 0 Å². The third-order valence-corrected chi connectivity index (χ3v) is 4.70. The Bertz CT molecular complexity index is 1330. The molecule has 0 radical (unpaired) electrons. The van der Waals surface area contributed by atoms with Gasteiger partial charge in [-0.1, -0.05) is 6.07 Å². The van der Waals surface area contributed by atoms with Crippen molar-refractivity contribution < 1.29 is 9.50 Å². The number of aliphatic hydroxyl groups is 1. The van der Waals surface area contributed by atoms with Crippen LogP contribution in [0.2, 0.25) is 0 Å². The molecule has 29 heavy (non-hydrogen) atoms. The minimum atomic E-state index is -0.326. The fraction of sp³-hybridized carbons (Fsp3) is 0.150. The monoisotopic (exact) mass is 389 g/mol. The number of hydrogen-bond acceptors (Lipinski definition) is 6. The maximum atomic E-state index is 14.6. The highest BCUT2D eigenvalue weighted by Gasteiger charge is 2.12. The third kappa shape index (κ3) is 3.21. The number of nitrogens with zero attached hydrogens (tertiary/aromatic N) is 7. The van der Waals surface area contributed by atoms with Crippen LogP contribution in [0, 0.1) is 5.82 Å². The molecular formula is C20H16FN7O. The Labute approximate surface area is 164 Å². The molecule has 144 valence electrons. The third-order valence-electron chi connectivity index (χ3n) is 4.70. The minimum Gasteiger partial charge on any atom is -0.394 e. The Morgan fingerprint density at radius 2 is 2.03 bits per heavy atom. The van der Waals surface area contributed by atoms with Crippen LogP contribution in [0.25, 0.3) is 33.5 Å². The highest BCUT2D eigenvalue weighted by Crippen LogP contribution is 2.21. The lowest BCUT2D eigenvalue weighted by atomic mass is 10.1. The van der Waals surface area contributed by atoms with Crippen LogP contribution in [0.4, 0.5) is 4.39 Å². The van der Waals surface area contributed by atoms with Crippen LogP contribution < -0.4 is 0 Å². The van der Waals surface area contributed by atoms with Crippen molar-refractivity contribution in [1.29, 1.82) is 0 Å². The van der Waals surface area contributed by atoms with E-state index in [2.05, 4.69) is 25.0 Å². The summed E-state index contributed by atoms with van der Waals surface area (Å²) in [4.78, 5) is 17.5. The zero-order valence-electron chi connectivity index (χ0n) is 15.3. The highest BCUT2D eigenvalue weighted by atomic mass is 19.1. The van der Waals surface area contributed by atoms with Crippen LogP contribution in [-0.2, 0) is 13.1 Å². The van der Waals surface area contributed by atoms with Crippen LogP contribution in [-0.4, -0.2) is 46.0 Å². The Hall–Kier alpha value is -3.72. The lowest BCUT2D eigenvalue weighted by molar-refractivity contribution is 0.269. The first-order chi connectivity index (χ1) is 14.2. The van der Waals surface area contributed by atoms with Crippen LogP contribution in [0.5, 0.6) is 0 Å². The van der Waals surface area contributed by atoms with Crippen LogP contribution in [0.1, 0.15) is 5.56 Å². The molecule has 0 fully saturated rings. The predicted octanol–water partition coefficient (Wildman–Crippen LogP) is 2.42. The van der Waals surface area contributed by atoms with Crippen molar-refractivity contribution >= 4 is 22.2 Å². The van der Waals surface area contributed by atoms with Crippen molar-refractivity contribution in [3.8, 4) is 11.3 Å². The normalized spacial score (nSPS) is 11.5. The minimum absolute atomic E-state index is 0.00540. The van der Waals surface area contributed by atoms with E-state index in [1.54, 1.807) is 46.4 Å². The van der Waals surface area contributed by atoms with E-state index in [1.165, 1.54) is 6.07 Å². The SMILES string of the molecule is OCCn1cc(-c2cnc3ncn(Cc4cc5cccnc5cc4F)c3n2)cn1. The molecule has 0 aliphatic rings. The van der Waals surface area contributed by atoms with Gasteiger partial charge in [0.2, 0.25) is 0 Å². The number of fused-ring (bicyclic) bond motifs is 2. The average molecular weight is 389 g/mol. The Morgan fingerprint density at radius 1 is 1.10 bits per heavy atom. The van der Waals surface area contributed by atoms with Crippen molar-refractivity contribution in [2.24, 2.45) is 0 Å². The Kier molecular flexibility index (Phi) is 4.21. The van der Waals surface area contributed by atoms with E-state index in [-0.39, 0.29) is 19.0 Å². The molecule has 0 aliphatic carbocycles. The van der Waals surface area contributed by atoms with Crippen LogP contribution in [0.3, 0.4) is 0 Å². The maximum absolute atomic E-state index is 14.6. The lowest BCUT2D eigenvalue weighted by Gasteiger charge is -2.07. The van der Waals surface area contributed by atoms with Crippen molar-refractivity contribution in [3.63, 3.8) is 0 Å². The first kappa shape index (κ1) is 17.4. The van der Waals surface area contributed by atoms with E-state index in [1.807, 2.05) is 12.1 Å². The summed E-state index contributed by atoms with van der Waals surface area (Å²) in [6.45, 7) is 0.685. The van der Waals surface area contributed by atoms with Crippen LogP contribution in [0.15, 0.2) is 55.4 Å². The van der Waals surface area contributed by atoms with Gasteiger partial charge in [-0.2, -0.15) is 5.10 Å². The Morgan fingerprint density at radius 3 is 2.93 bits per heavy atom. The molecule has 9 heteroatoms. The van der Waals surface area contributed by atoms with Crippen molar-refractivity contribution in [1.82, 2.24) is 34.3 Å². The molecule has 0 unspecified atom stereocenters. The molecule has 1 N–H and O–H groups in total. The molecule has 4 aromatic heterocycles. The van der Waals surface area contributed by atoms with Crippen molar-refractivity contribution in [2.45, 2.75) is 13.1 Å². The second kappa shape index (κ2) is 7.02. The molecule has 8 nitrogen and oxygen atoms in total. The predicted molar refractivity (Wildman–Crippen MR) is 104 cm³/mol. The molecule has 4 heterocycles. The number of halogens is 1. The van der Waals surface area contributed by atoms with Gasteiger partial charge in [-0.15, -0.1) is 0 Å². The molecule has 0 atom stereocenters. The van der Waals surface area contributed by atoms with E-state index < -0.39 is 0 Å². The topological polar surface area (TPSA) is 94.5 Å². The van der Waals surface area contributed by atoms with Gasteiger partial charge in [0.05, 0.1) is 49.6 Å². The summed E-state index contributed by atoms with van der Waals surface area (Å²) >= 11 is 0. The molecule has 0 bridgehead atoms. The fourth-order valence-electron chi connectivity index (χ4n) is 3.26. The van der Waals surface area contributed by atoms with Gasteiger partial charge in [0.1, 0.15) is 5.82 Å². The molecule has 0 saturated heterocycles. The summed E-state index contributed by atoms with van der Waals surface area (Å²) in [6.07, 6.45) is 8.34. The molecule has 0 aliphatic heterocycles. The zero-order chi connectivity index (χ0) is 19.8. The lowest BCUT2D eigenvalue weighted by Crippen LogP contribution is -2.03. The van der Waals surface area contributed by atoms with Crippen molar-refractivity contribution in [3.05, 3.63) is 66.8 Å². The first-order valence-corrected chi connectivity index (χ1v) is 9.06. The molecule has 5 aromatic rings. The van der Waals surface area contributed by atoms with E-state index >= 15 is 0 Å². The first-order valence-electron chi connectivity index (χ1n) is 9.06. The number of aliphatic hydroxyl groups excluding tert-OH is 1. The highest BCUT2D eigenvalue weighted by molar-refractivity contribution is 5.79. The molecule has 1 aromatic carbocycles. The summed E-state index contributed by atoms with van der Waals surface area (Å²) < 4.78 is 18.0. The van der Waals surface area contributed by atoms with E-state index in [9.17, 15) is 4.39 Å². The Balaban J connectivity index is 1.53. The standard InChI is InChI=1S/C20H16FN7O/c21-16-7-17-13(2-1-3-22-17)6-14(16)10-27-12-24-19-20(27)26-18(9-23-19)15-8-25-28(11-15)4-5-29/h1-3,6-9,11-12,29H,4-5,10H2. The van der Waals surface area contributed by atoms with Crippen LogP contribution >= 0.6 is 0 Å². The largest absolute Gasteiger partial charge is 0.394 e. The van der Waals surface area contributed by atoms with E-state index in [0.29, 0.717) is 34.6 Å². The van der Waals surface area contributed by atoms with Gasteiger partial charge in [-0.25, -0.2) is 19.3 Å². The average Bonchev–Trinajstić information content (AvgIpc) is 3.36. The van der Waals surface area contributed by atoms with E-state index in [0.717, 1.165) is 10.9 Å². The summed E-state index contributed by atoms with van der Waals surface area (Å²) in [7, 11) is 0. The summed E-state index contributed by atoms with van der Waals surface area (Å²) in [6, 6.07) is 6.96. The summed E-state index contributed by atoms with van der Waals surface area (Å²) in [5.41, 5.74) is 3.59. The smallest absolute Gasteiger partial charge is 0.197 e. The summed E-state index contributed by atoms with van der Waals surface area (Å²) in [5, 5.41) is 14.1. The summed E-state index contributed by atoms with van der Waals surface area (Å²) in [5.74, 6) is -0.326. The van der Waals surface area contributed by atoms with Gasteiger partial charge in [0.15, 0.2) is 11.3 Å². The number of benzene rings is 1. The fourth-order valence-corrected chi connectivity index (χ4v) is 3.26. The number of rotatable bonds is 5. The van der Waals surface area contributed by atoms with Gasteiger partial charge >= 0.3 is 0 Å². The van der Waals surface area contributed by atoms with Gasteiger partial charge in [-0.05, 0) is 12.1 Å².